The second kappa shape index (κ2) is 20.4. The molecule has 0 fully saturated rings. The van der Waals surface area contributed by atoms with Crippen molar-refractivity contribution in [1.29, 1.82) is 0 Å². The zero-order valence-corrected chi connectivity index (χ0v) is 47.2. The molecule has 15 rings (SSSR count). The van der Waals surface area contributed by atoms with E-state index in [-0.39, 0.29) is 5.41 Å². The minimum atomic E-state index is -0.117. The number of fused-ring (bicyclic) bond motifs is 9. The average Bonchev–Trinajstić information content (AvgIpc) is 4.17. The van der Waals surface area contributed by atoms with Crippen LogP contribution in [0.1, 0.15) is 42.7 Å². The second-order valence-corrected chi connectivity index (χ2v) is 21.6. The number of aromatic nitrogens is 2. The molecule has 0 bridgehead atoms. The van der Waals surface area contributed by atoms with E-state index >= 15 is 0 Å². The molecule has 0 radical (unpaired) electrons. The van der Waals surface area contributed by atoms with Crippen molar-refractivity contribution in [2.75, 3.05) is 4.90 Å². The lowest BCUT2D eigenvalue weighted by Gasteiger charge is -2.26. The van der Waals surface area contributed by atoms with E-state index in [1.165, 1.54) is 105 Å². The van der Waals surface area contributed by atoms with Gasteiger partial charge in [0.15, 0.2) is 0 Å². The summed E-state index contributed by atoms with van der Waals surface area (Å²) >= 11 is 0. The van der Waals surface area contributed by atoms with Crippen LogP contribution in [-0.2, 0) is 11.8 Å². The first-order valence-electron chi connectivity index (χ1n) is 27.7. The average molecular weight is 1060 g/mol. The Hall–Kier alpha value is -8.84. The fourth-order valence-electron chi connectivity index (χ4n) is 12.9. The first kappa shape index (κ1) is 49.5. The van der Waals surface area contributed by atoms with Gasteiger partial charge in [-0.25, -0.2) is 0 Å². The topological polar surface area (TPSA) is 13.1 Å². The molecule has 0 saturated heterocycles. The Bertz CT molecular complexity index is 4510. The molecule has 2 aliphatic carbocycles. The van der Waals surface area contributed by atoms with Gasteiger partial charge >= 0.3 is 0 Å². The summed E-state index contributed by atoms with van der Waals surface area (Å²) in [7, 11) is 4.67. The largest absolute Gasteiger partial charge is 0.313 e. The predicted molar refractivity (Wildman–Crippen MR) is 348 cm³/mol. The molecule has 11 aromatic carbocycles. The van der Waals surface area contributed by atoms with Crippen molar-refractivity contribution in [1.82, 2.24) is 9.13 Å². The van der Waals surface area contributed by atoms with E-state index in [1.54, 1.807) is 0 Å². The Morgan fingerprint density at radius 3 is 1.70 bits per heavy atom. The van der Waals surface area contributed by atoms with Crippen LogP contribution < -0.4 is 4.90 Å². The van der Waals surface area contributed by atoms with E-state index in [9.17, 15) is 0 Å². The fourth-order valence-corrected chi connectivity index (χ4v) is 12.9. The maximum Gasteiger partial charge on any atom is 0.0547 e. The lowest BCUT2D eigenvalue weighted by molar-refractivity contribution is 0.660. The summed E-state index contributed by atoms with van der Waals surface area (Å²) in [6.07, 6.45) is 6.73. The molecule has 3 nitrogen and oxygen atoms in total. The van der Waals surface area contributed by atoms with Gasteiger partial charge in [0.25, 0.3) is 0 Å². The first-order chi connectivity index (χ1) is 39.4. The molecule has 384 valence electrons. The maximum atomic E-state index is 2.49. The van der Waals surface area contributed by atoms with Gasteiger partial charge in [-0.2, -0.15) is 0 Å². The van der Waals surface area contributed by atoms with Gasteiger partial charge in [-0.05, 0) is 183 Å². The number of nitrogens with zero attached hydrogens (tertiary/aromatic N) is 3. The van der Waals surface area contributed by atoms with E-state index in [4.69, 9.17) is 0 Å². The number of rotatable bonds is 9. The Labute approximate surface area is 473 Å². The van der Waals surface area contributed by atoms with Gasteiger partial charge in [-0.3, -0.25) is 0 Å². The Morgan fingerprint density at radius 2 is 0.925 bits per heavy atom. The highest BCUT2D eigenvalue weighted by atomic mass is 32.0. The van der Waals surface area contributed by atoms with Gasteiger partial charge in [0.1, 0.15) is 0 Å². The molecular formula is C75H59N3P2. The van der Waals surface area contributed by atoms with Crippen LogP contribution in [-0.4, -0.2) is 9.13 Å². The van der Waals surface area contributed by atoms with Crippen LogP contribution in [0.2, 0.25) is 0 Å². The molecule has 2 atom stereocenters. The number of hydrogen-bond donors (Lipinski definition) is 0. The monoisotopic (exact) mass is 1060 g/mol. The minimum absolute atomic E-state index is 0.117. The molecule has 0 spiro atoms. The van der Waals surface area contributed by atoms with Gasteiger partial charge < -0.3 is 14.0 Å². The SMILES string of the molecule is CC1(C)c2ccccc2-c2ccc(-n3c4ccccc4c4ccc(-c5cc(-c6cccc(N(c7ccccc7)c7ccc(-c8ccccc8)cc7)c6)cc(-c6ccc7c(c6)c6c(n7-c7ccccc7)CCC=C6)c5)cc43)cc21.PP. The Balaban J connectivity index is 0.00000285. The van der Waals surface area contributed by atoms with Crippen molar-refractivity contribution in [3.8, 4) is 67.0 Å². The number of anilines is 3. The molecule has 0 aliphatic heterocycles. The lowest BCUT2D eigenvalue weighted by Crippen LogP contribution is -2.15. The normalized spacial score (nSPS) is 12.9. The highest BCUT2D eigenvalue weighted by molar-refractivity contribution is 7.92. The second-order valence-electron chi connectivity index (χ2n) is 21.6. The van der Waals surface area contributed by atoms with Gasteiger partial charge in [0, 0.05) is 61.3 Å². The third-order valence-corrected chi connectivity index (χ3v) is 16.7. The smallest absolute Gasteiger partial charge is 0.0547 e. The maximum absolute atomic E-state index is 2.49. The summed E-state index contributed by atoms with van der Waals surface area (Å²) in [5, 5.41) is 3.77. The number of benzene rings is 11. The number of para-hydroxylation sites is 3. The van der Waals surface area contributed by atoms with Crippen molar-refractivity contribution in [3.05, 3.63) is 289 Å². The van der Waals surface area contributed by atoms with Crippen LogP contribution in [0.15, 0.2) is 267 Å². The molecule has 13 aromatic rings. The lowest BCUT2D eigenvalue weighted by atomic mass is 9.82. The van der Waals surface area contributed by atoms with Crippen LogP contribution in [0.3, 0.4) is 0 Å². The third kappa shape index (κ3) is 8.44. The zero-order chi connectivity index (χ0) is 53.9. The van der Waals surface area contributed by atoms with Gasteiger partial charge in [0.2, 0.25) is 0 Å². The van der Waals surface area contributed by atoms with Crippen molar-refractivity contribution >= 4 is 73.7 Å². The highest BCUT2D eigenvalue weighted by Gasteiger charge is 2.35. The Morgan fingerprint density at radius 1 is 0.362 bits per heavy atom. The molecule has 0 N–H and O–H groups in total. The number of hydrogen-bond acceptors (Lipinski definition) is 1. The summed E-state index contributed by atoms with van der Waals surface area (Å²) in [5.74, 6) is 0. The van der Waals surface area contributed by atoms with Crippen molar-refractivity contribution in [3.63, 3.8) is 0 Å². The molecule has 2 aliphatic rings. The predicted octanol–water partition coefficient (Wildman–Crippen LogP) is 20.8. The van der Waals surface area contributed by atoms with Gasteiger partial charge in [-0.15, -0.1) is 17.9 Å². The quantitative estimate of drug-likeness (QED) is 0.131. The summed E-state index contributed by atoms with van der Waals surface area (Å²) in [5.41, 5.74) is 26.7. The van der Waals surface area contributed by atoms with Crippen LogP contribution in [0.4, 0.5) is 17.1 Å². The molecule has 80 heavy (non-hydrogen) atoms. The third-order valence-electron chi connectivity index (χ3n) is 16.7. The molecule has 0 saturated carbocycles. The molecule has 2 aromatic heterocycles. The summed E-state index contributed by atoms with van der Waals surface area (Å²) in [6.45, 7) is 4.74. The zero-order valence-electron chi connectivity index (χ0n) is 44.9. The standard InChI is InChI=1S/C75H55N3.H4P2/c1-75(2)69-30-15-12-27-63(69)64-41-39-62(49-70(64)75)78-71-31-16-13-28-65(71)67-40-35-54(48-74(67)78)57-44-55(43-56(45-57)53-36-42-73-68(47-53)66-29-14-17-32-72(66)77(73)59-24-10-5-11-25-59)52-21-18-26-61(46-52)76(58-22-8-4-9-23-58)60-37-33-51(34-38-60)50-19-6-3-7-20-50;1-2/h3-16,18-31,33-49H,17,32H2,1-2H3;1-2H2. The summed E-state index contributed by atoms with van der Waals surface area (Å²) in [4.78, 5) is 2.37. The highest BCUT2D eigenvalue weighted by Crippen LogP contribution is 2.50. The molecule has 0 amide bonds. The van der Waals surface area contributed by atoms with E-state index in [2.05, 4.69) is 319 Å². The minimum Gasteiger partial charge on any atom is -0.313 e. The van der Waals surface area contributed by atoms with Gasteiger partial charge in [-0.1, -0.05) is 184 Å². The molecule has 5 heteroatoms. The van der Waals surface area contributed by atoms with Crippen molar-refractivity contribution in [2.24, 2.45) is 0 Å². The van der Waals surface area contributed by atoms with Crippen LogP contribution >= 0.6 is 17.9 Å². The van der Waals surface area contributed by atoms with E-state index in [0.29, 0.717) is 0 Å². The first-order valence-corrected chi connectivity index (χ1v) is 30.4. The van der Waals surface area contributed by atoms with Crippen LogP contribution in [0, 0.1) is 0 Å². The van der Waals surface area contributed by atoms with Crippen LogP contribution in [0.25, 0.3) is 106 Å². The van der Waals surface area contributed by atoms with E-state index in [0.717, 1.165) is 46.6 Å². The van der Waals surface area contributed by atoms with E-state index < -0.39 is 0 Å². The Kier molecular flexibility index (Phi) is 12.6. The van der Waals surface area contributed by atoms with E-state index in [1.807, 2.05) is 0 Å². The molecule has 2 unspecified atom stereocenters. The van der Waals surface area contributed by atoms with Crippen molar-refractivity contribution in [2.45, 2.75) is 32.1 Å². The summed E-state index contributed by atoms with van der Waals surface area (Å²) < 4.78 is 4.97. The van der Waals surface area contributed by atoms with Crippen molar-refractivity contribution < 1.29 is 0 Å². The fraction of sp³-hybridized carbons (Fsp3) is 0.0667. The van der Waals surface area contributed by atoms with Gasteiger partial charge in [0.05, 0.1) is 16.6 Å². The number of allylic oxidation sites excluding steroid dienone is 1. The van der Waals surface area contributed by atoms with Crippen LogP contribution in [0.5, 0.6) is 0 Å². The molecular weight excluding hydrogens is 1000 g/mol. The summed E-state index contributed by atoms with van der Waals surface area (Å²) in [6, 6.07) is 96.6. The molecule has 2 heterocycles.